The zero-order valence-electron chi connectivity index (χ0n) is 14.1. The molecule has 0 radical (unpaired) electrons. The number of oxazole rings is 1. The normalized spacial score (nSPS) is 10.8. The number of benzene rings is 1. The third-order valence-corrected chi connectivity index (χ3v) is 4.10. The van der Waals surface area contributed by atoms with Crippen LogP contribution in [0.5, 0.6) is 0 Å². The van der Waals surface area contributed by atoms with Crippen LogP contribution in [0.2, 0.25) is 5.02 Å². The second-order valence-corrected chi connectivity index (χ2v) is 6.18. The molecular weight excluding hydrogens is 340 g/mol. The Labute approximate surface area is 150 Å². The van der Waals surface area contributed by atoms with Gasteiger partial charge in [0.1, 0.15) is 11.5 Å². The Bertz CT molecular complexity index is 885. The van der Waals surface area contributed by atoms with Crippen molar-refractivity contribution in [2.75, 3.05) is 6.54 Å². The van der Waals surface area contributed by atoms with E-state index in [0.29, 0.717) is 30.4 Å². The molecule has 1 amide bonds. The molecule has 0 saturated carbocycles. The minimum Gasteiger partial charge on any atom is -0.441 e. The van der Waals surface area contributed by atoms with Crippen LogP contribution in [-0.4, -0.2) is 27.0 Å². The predicted octanol–water partition coefficient (Wildman–Crippen LogP) is 3.23. The molecule has 0 aliphatic carbocycles. The smallest absolute Gasteiger partial charge is 0.228 e. The molecule has 6 nitrogen and oxygen atoms in total. The fourth-order valence-electron chi connectivity index (χ4n) is 2.49. The van der Waals surface area contributed by atoms with Crippen molar-refractivity contribution in [3.63, 3.8) is 0 Å². The van der Waals surface area contributed by atoms with Gasteiger partial charge in [0.2, 0.25) is 11.8 Å². The van der Waals surface area contributed by atoms with E-state index >= 15 is 0 Å². The molecule has 0 bridgehead atoms. The fourth-order valence-corrected chi connectivity index (χ4v) is 2.70. The molecule has 0 unspecified atom stereocenters. The highest BCUT2D eigenvalue weighted by atomic mass is 35.5. The lowest BCUT2D eigenvalue weighted by atomic mass is 10.2. The Kier molecular flexibility index (Phi) is 5.19. The highest BCUT2D eigenvalue weighted by Crippen LogP contribution is 2.28. The average Bonchev–Trinajstić information content (AvgIpc) is 3.15. The van der Waals surface area contributed by atoms with Crippen LogP contribution in [0.1, 0.15) is 24.1 Å². The van der Waals surface area contributed by atoms with E-state index in [9.17, 15) is 4.79 Å². The van der Waals surface area contributed by atoms with Crippen LogP contribution in [0.25, 0.3) is 11.5 Å². The van der Waals surface area contributed by atoms with Crippen LogP contribution in [0.15, 0.2) is 41.2 Å². The molecule has 130 valence electrons. The largest absolute Gasteiger partial charge is 0.441 e. The summed E-state index contributed by atoms with van der Waals surface area (Å²) in [5.41, 5.74) is 2.53. The Morgan fingerprint density at radius 3 is 2.92 bits per heavy atom. The van der Waals surface area contributed by atoms with Crippen LogP contribution in [-0.2, 0) is 17.8 Å². The van der Waals surface area contributed by atoms with E-state index in [1.165, 1.54) is 6.92 Å². The molecule has 0 saturated heterocycles. The first-order valence-electron chi connectivity index (χ1n) is 7.99. The third kappa shape index (κ3) is 4.28. The van der Waals surface area contributed by atoms with Gasteiger partial charge < -0.3 is 14.3 Å². The second kappa shape index (κ2) is 7.53. The maximum absolute atomic E-state index is 10.9. The van der Waals surface area contributed by atoms with Crippen molar-refractivity contribution in [3.05, 3.63) is 59.0 Å². The number of nitrogens with zero attached hydrogens (tertiary/aromatic N) is 3. The number of rotatable bonds is 6. The van der Waals surface area contributed by atoms with Gasteiger partial charge in [-0.3, -0.25) is 4.79 Å². The lowest BCUT2D eigenvalue weighted by Crippen LogP contribution is -2.22. The van der Waals surface area contributed by atoms with Crippen LogP contribution < -0.4 is 5.32 Å². The van der Waals surface area contributed by atoms with E-state index in [-0.39, 0.29) is 5.91 Å². The predicted molar refractivity (Wildman–Crippen MR) is 95.4 cm³/mol. The average molecular weight is 359 g/mol. The molecule has 25 heavy (non-hydrogen) atoms. The summed E-state index contributed by atoms with van der Waals surface area (Å²) in [4.78, 5) is 19.8. The lowest BCUT2D eigenvalue weighted by molar-refractivity contribution is -0.118. The number of hydrogen-bond acceptors (Lipinski definition) is 4. The maximum atomic E-state index is 10.9. The van der Waals surface area contributed by atoms with Crippen molar-refractivity contribution in [1.82, 2.24) is 19.9 Å². The Morgan fingerprint density at radius 2 is 2.16 bits per heavy atom. The van der Waals surface area contributed by atoms with Gasteiger partial charge in [-0.25, -0.2) is 9.97 Å². The highest BCUT2D eigenvalue weighted by molar-refractivity contribution is 6.33. The van der Waals surface area contributed by atoms with Crippen molar-refractivity contribution in [2.45, 2.75) is 26.8 Å². The van der Waals surface area contributed by atoms with Gasteiger partial charge in [-0.1, -0.05) is 23.7 Å². The molecule has 0 aliphatic heterocycles. The Hall–Kier alpha value is -2.60. The first-order chi connectivity index (χ1) is 12.0. The van der Waals surface area contributed by atoms with Gasteiger partial charge >= 0.3 is 0 Å². The van der Waals surface area contributed by atoms with E-state index in [4.69, 9.17) is 16.0 Å². The number of imidazole rings is 1. The van der Waals surface area contributed by atoms with Gasteiger partial charge in [0.05, 0.1) is 29.2 Å². The molecule has 3 rings (SSSR count). The van der Waals surface area contributed by atoms with E-state index < -0.39 is 0 Å². The number of amides is 1. The summed E-state index contributed by atoms with van der Waals surface area (Å²) in [6.45, 7) is 4.53. The van der Waals surface area contributed by atoms with E-state index in [1.54, 1.807) is 6.33 Å². The molecule has 7 heteroatoms. The van der Waals surface area contributed by atoms with Crippen molar-refractivity contribution in [2.24, 2.45) is 0 Å². The van der Waals surface area contributed by atoms with E-state index in [1.807, 2.05) is 42.0 Å². The number of hydrogen-bond donors (Lipinski definition) is 1. The monoisotopic (exact) mass is 358 g/mol. The number of halogens is 1. The first kappa shape index (κ1) is 17.2. The molecule has 0 aliphatic rings. The van der Waals surface area contributed by atoms with Crippen LogP contribution >= 0.6 is 11.6 Å². The zero-order valence-corrected chi connectivity index (χ0v) is 14.9. The lowest BCUT2D eigenvalue weighted by Gasteiger charge is -2.00. The van der Waals surface area contributed by atoms with E-state index in [0.717, 1.165) is 22.7 Å². The number of nitrogens with one attached hydrogen (secondary N) is 1. The molecule has 3 aromatic rings. The van der Waals surface area contributed by atoms with E-state index in [2.05, 4.69) is 15.3 Å². The van der Waals surface area contributed by atoms with Crippen LogP contribution in [0.3, 0.4) is 0 Å². The highest BCUT2D eigenvalue weighted by Gasteiger charge is 2.14. The van der Waals surface area contributed by atoms with Gasteiger partial charge in [-0.2, -0.15) is 0 Å². The third-order valence-electron chi connectivity index (χ3n) is 3.77. The standard InChI is InChI=1S/C18H19ClN4O2/c1-12-17(22-18(25-12)15-5-3-4-6-16(15)19)10-23-9-14(21-11-23)7-8-20-13(2)24/h3-6,9,11H,7-8,10H2,1-2H3,(H,20,24). The number of carbonyl (C=O) groups excluding carboxylic acids is 1. The van der Waals surface area contributed by atoms with Crippen LogP contribution in [0, 0.1) is 6.92 Å². The van der Waals surface area contributed by atoms with Crippen molar-refractivity contribution < 1.29 is 9.21 Å². The molecular formula is C18H19ClN4O2. The SMILES string of the molecule is CC(=O)NCCc1cn(Cc2nc(-c3ccccc3Cl)oc2C)cn1. The van der Waals surface area contributed by atoms with Gasteiger partial charge in [-0.15, -0.1) is 0 Å². The minimum atomic E-state index is -0.0373. The minimum absolute atomic E-state index is 0.0373. The molecule has 0 fully saturated rings. The summed E-state index contributed by atoms with van der Waals surface area (Å²) < 4.78 is 7.72. The van der Waals surface area contributed by atoms with Crippen molar-refractivity contribution in [1.29, 1.82) is 0 Å². The Morgan fingerprint density at radius 1 is 1.36 bits per heavy atom. The maximum Gasteiger partial charge on any atom is 0.228 e. The number of aryl methyl sites for hydroxylation is 1. The van der Waals surface area contributed by atoms with Gasteiger partial charge in [0, 0.05) is 26.1 Å². The molecule has 2 heterocycles. The number of carbonyl (C=O) groups is 1. The summed E-state index contributed by atoms with van der Waals surface area (Å²) in [6, 6.07) is 7.47. The fraction of sp³-hybridized carbons (Fsp3) is 0.278. The first-order valence-corrected chi connectivity index (χ1v) is 8.37. The second-order valence-electron chi connectivity index (χ2n) is 5.77. The molecule has 2 aromatic heterocycles. The summed E-state index contributed by atoms with van der Waals surface area (Å²) >= 11 is 6.21. The number of aromatic nitrogens is 3. The van der Waals surface area contributed by atoms with Gasteiger partial charge in [0.15, 0.2) is 0 Å². The van der Waals surface area contributed by atoms with Crippen molar-refractivity contribution >= 4 is 17.5 Å². The molecule has 1 aromatic carbocycles. The quantitative estimate of drug-likeness (QED) is 0.734. The Balaban J connectivity index is 1.71. The van der Waals surface area contributed by atoms with Crippen molar-refractivity contribution in [3.8, 4) is 11.5 Å². The summed E-state index contributed by atoms with van der Waals surface area (Å²) in [6.07, 6.45) is 4.40. The summed E-state index contributed by atoms with van der Waals surface area (Å²) in [5, 5.41) is 3.37. The molecule has 1 N–H and O–H groups in total. The van der Waals surface area contributed by atoms with Crippen LogP contribution in [0.4, 0.5) is 0 Å². The van der Waals surface area contributed by atoms with Gasteiger partial charge in [0.25, 0.3) is 0 Å². The topological polar surface area (TPSA) is 73.0 Å². The summed E-state index contributed by atoms with van der Waals surface area (Å²) in [7, 11) is 0. The molecule has 0 spiro atoms. The van der Waals surface area contributed by atoms with Gasteiger partial charge in [-0.05, 0) is 19.1 Å². The summed E-state index contributed by atoms with van der Waals surface area (Å²) in [5.74, 6) is 1.23. The molecule has 0 atom stereocenters. The zero-order chi connectivity index (χ0) is 17.8.